The first kappa shape index (κ1) is 12.7. The quantitative estimate of drug-likeness (QED) is 0.789. The number of rotatable bonds is 4. The standard InChI is InChI=1S/C16H18N4/c1-12-11-13-5-3-4-6-15(13)19-16(12)17-9-7-14-8-10-18-20(14)2/h3-6,8,10-11H,7,9H2,1-2H3,(H,17,19). The molecule has 0 fully saturated rings. The lowest BCUT2D eigenvalue weighted by Gasteiger charge is -2.10. The number of para-hydroxylation sites is 1. The molecule has 0 saturated carbocycles. The Hall–Kier alpha value is -2.36. The van der Waals surface area contributed by atoms with Gasteiger partial charge in [-0.25, -0.2) is 4.98 Å². The van der Waals surface area contributed by atoms with E-state index < -0.39 is 0 Å². The zero-order chi connectivity index (χ0) is 13.9. The summed E-state index contributed by atoms with van der Waals surface area (Å²) in [4.78, 5) is 4.68. The number of pyridine rings is 1. The van der Waals surface area contributed by atoms with E-state index in [1.807, 2.05) is 42.2 Å². The molecule has 0 radical (unpaired) electrons. The largest absolute Gasteiger partial charge is 0.369 e. The van der Waals surface area contributed by atoms with Crippen LogP contribution in [0.25, 0.3) is 10.9 Å². The molecule has 2 heterocycles. The molecule has 0 aliphatic rings. The maximum Gasteiger partial charge on any atom is 0.129 e. The number of fused-ring (bicyclic) bond motifs is 1. The molecule has 0 saturated heterocycles. The number of nitrogens with one attached hydrogen (secondary N) is 1. The van der Waals surface area contributed by atoms with Gasteiger partial charge in [0.15, 0.2) is 0 Å². The van der Waals surface area contributed by atoms with Crippen molar-refractivity contribution < 1.29 is 0 Å². The first-order valence-electron chi connectivity index (χ1n) is 6.81. The summed E-state index contributed by atoms with van der Waals surface area (Å²) in [5.74, 6) is 0.964. The van der Waals surface area contributed by atoms with Gasteiger partial charge in [-0.3, -0.25) is 4.68 Å². The molecule has 4 nitrogen and oxygen atoms in total. The van der Waals surface area contributed by atoms with Crippen LogP contribution in [0, 0.1) is 6.92 Å². The molecule has 3 rings (SSSR count). The van der Waals surface area contributed by atoms with E-state index in [9.17, 15) is 0 Å². The topological polar surface area (TPSA) is 42.7 Å². The number of nitrogens with zero attached hydrogens (tertiary/aromatic N) is 3. The van der Waals surface area contributed by atoms with Gasteiger partial charge >= 0.3 is 0 Å². The number of aryl methyl sites for hydroxylation is 2. The lowest BCUT2D eigenvalue weighted by molar-refractivity contribution is 0.711. The first-order chi connectivity index (χ1) is 9.74. The van der Waals surface area contributed by atoms with Crippen molar-refractivity contribution in [1.29, 1.82) is 0 Å². The number of benzene rings is 1. The molecule has 4 heteroatoms. The average molecular weight is 266 g/mol. The molecule has 0 amide bonds. The van der Waals surface area contributed by atoms with Crippen LogP contribution in [-0.2, 0) is 13.5 Å². The fourth-order valence-corrected chi connectivity index (χ4v) is 2.36. The minimum absolute atomic E-state index is 0.853. The molecule has 0 spiro atoms. The van der Waals surface area contributed by atoms with E-state index in [0.717, 1.165) is 24.3 Å². The Morgan fingerprint density at radius 2 is 2.05 bits per heavy atom. The van der Waals surface area contributed by atoms with Crippen LogP contribution in [0.15, 0.2) is 42.6 Å². The smallest absolute Gasteiger partial charge is 0.129 e. The summed E-state index contributed by atoms with van der Waals surface area (Å²) in [5, 5.41) is 8.77. The Balaban J connectivity index is 1.74. The summed E-state index contributed by atoms with van der Waals surface area (Å²) < 4.78 is 1.91. The van der Waals surface area contributed by atoms with Crippen molar-refractivity contribution in [3.05, 3.63) is 53.9 Å². The predicted molar refractivity (Wildman–Crippen MR) is 81.9 cm³/mol. The highest BCUT2D eigenvalue weighted by atomic mass is 15.3. The van der Waals surface area contributed by atoms with Crippen molar-refractivity contribution in [2.24, 2.45) is 7.05 Å². The van der Waals surface area contributed by atoms with Crippen LogP contribution in [0.4, 0.5) is 5.82 Å². The van der Waals surface area contributed by atoms with Crippen molar-refractivity contribution in [1.82, 2.24) is 14.8 Å². The maximum atomic E-state index is 4.68. The van der Waals surface area contributed by atoms with Crippen LogP contribution < -0.4 is 5.32 Å². The van der Waals surface area contributed by atoms with Crippen LogP contribution in [-0.4, -0.2) is 21.3 Å². The molecule has 0 atom stereocenters. The highest BCUT2D eigenvalue weighted by Gasteiger charge is 2.03. The first-order valence-corrected chi connectivity index (χ1v) is 6.81. The minimum Gasteiger partial charge on any atom is -0.369 e. The summed E-state index contributed by atoms with van der Waals surface area (Å²) in [6.07, 6.45) is 2.76. The van der Waals surface area contributed by atoms with Gasteiger partial charge in [-0.05, 0) is 30.7 Å². The normalized spacial score (nSPS) is 10.9. The van der Waals surface area contributed by atoms with Crippen molar-refractivity contribution >= 4 is 16.7 Å². The summed E-state index contributed by atoms with van der Waals surface area (Å²) in [6.45, 7) is 2.94. The molecule has 0 bridgehead atoms. The van der Waals surface area contributed by atoms with E-state index in [1.54, 1.807) is 0 Å². The van der Waals surface area contributed by atoms with E-state index in [-0.39, 0.29) is 0 Å². The third-order valence-corrected chi connectivity index (χ3v) is 3.51. The number of anilines is 1. The third kappa shape index (κ3) is 2.50. The lowest BCUT2D eigenvalue weighted by Crippen LogP contribution is -2.10. The number of hydrogen-bond acceptors (Lipinski definition) is 3. The molecule has 3 aromatic rings. The summed E-state index contributed by atoms with van der Waals surface area (Å²) >= 11 is 0. The lowest BCUT2D eigenvalue weighted by atomic mass is 10.1. The molecule has 20 heavy (non-hydrogen) atoms. The molecule has 2 aromatic heterocycles. The van der Waals surface area contributed by atoms with E-state index in [2.05, 4.69) is 34.5 Å². The van der Waals surface area contributed by atoms with Crippen LogP contribution in [0.5, 0.6) is 0 Å². The third-order valence-electron chi connectivity index (χ3n) is 3.51. The second kappa shape index (κ2) is 5.33. The van der Waals surface area contributed by atoms with Gasteiger partial charge in [0.1, 0.15) is 5.82 Å². The Morgan fingerprint density at radius 1 is 1.20 bits per heavy atom. The highest BCUT2D eigenvalue weighted by Crippen LogP contribution is 2.19. The Bertz CT molecular complexity index is 730. The van der Waals surface area contributed by atoms with Gasteiger partial charge in [0.25, 0.3) is 0 Å². The zero-order valence-electron chi connectivity index (χ0n) is 11.8. The Labute approximate surface area is 118 Å². The van der Waals surface area contributed by atoms with Gasteiger partial charge in [0.05, 0.1) is 5.52 Å². The van der Waals surface area contributed by atoms with Crippen LogP contribution in [0.2, 0.25) is 0 Å². The average Bonchev–Trinajstić information content (AvgIpc) is 2.85. The molecule has 0 aliphatic carbocycles. The van der Waals surface area contributed by atoms with E-state index >= 15 is 0 Å². The molecular formula is C16H18N4. The molecule has 1 aromatic carbocycles. The minimum atomic E-state index is 0.853. The number of hydrogen-bond donors (Lipinski definition) is 1. The molecule has 1 N–H and O–H groups in total. The molecule has 0 unspecified atom stereocenters. The van der Waals surface area contributed by atoms with Gasteiger partial charge in [-0.1, -0.05) is 18.2 Å². The van der Waals surface area contributed by atoms with Crippen molar-refractivity contribution in [3.63, 3.8) is 0 Å². The Kier molecular flexibility index (Phi) is 3.37. The van der Waals surface area contributed by atoms with Crippen LogP contribution in [0.1, 0.15) is 11.3 Å². The Morgan fingerprint density at radius 3 is 2.85 bits per heavy atom. The summed E-state index contributed by atoms with van der Waals surface area (Å²) in [5.41, 5.74) is 3.42. The van der Waals surface area contributed by atoms with E-state index in [4.69, 9.17) is 0 Å². The van der Waals surface area contributed by atoms with Crippen molar-refractivity contribution in [2.45, 2.75) is 13.3 Å². The fraction of sp³-hybridized carbons (Fsp3) is 0.250. The molecule has 0 aliphatic heterocycles. The molecular weight excluding hydrogens is 248 g/mol. The number of aromatic nitrogens is 3. The second-order valence-electron chi connectivity index (χ2n) is 4.97. The summed E-state index contributed by atoms with van der Waals surface area (Å²) in [7, 11) is 1.97. The summed E-state index contributed by atoms with van der Waals surface area (Å²) in [6, 6.07) is 12.4. The van der Waals surface area contributed by atoms with E-state index in [0.29, 0.717) is 0 Å². The van der Waals surface area contributed by atoms with E-state index in [1.165, 1.54) is 16.6 Å². The van der Waals surface area contributed by atoms with Gasteiger partial charge in [0.2, 0.25) is 0 Å². The molecule has 102 valence electrons. The van der Waals surface area contributed by atoms with Gasteiger partial charge < -0.3 is 5.32 Å². The van der Waals surface area contributed by atoms with Crippen LogP contribution in [0.3, 0.4) is 0 Å². The monoisotopic (exact) mass is 266 g/mol. The van der Waals surface area contributed by atoms with Gasteiger partial charge in [0, 0.05) is 37.3 Å². The SMILES string of the molecule is Cc1cc2ccccc2nc1NCCc1ccnn1C. The van der Waals surface area contributed by atoms with Crippen LogP contribution >= 0.6 is 0 Å². The fourth-order valence-electron chi connectivity index (χ4n) is 2.36. The maximum absolute atomic E-state index is 4.68. The van der Waals surface area contributed by atoms with Gasteiger partial charge in [-0.15, -0.1) is 0 Å². The predicted octanol–water partition coefficient (Wildman–Crippen LogP) is 2.93. The zero-order valence-corrected chi connectivity index (χ0v) is 11.8. The van der Waals surface area contributed by atoms with Gasteiger partial charge in [-0.2, -0.15) is 5.10 Å². The van der Waals surface area contributed by atoms with Crippen molar-refractivity contribution in [3.8, 4) is 0 Å². The highest BCUT2D eigenvalue weighted by molar-refractivity contribution is 5.81. The van der Waals surface area contributed by atoms with Crippen molar-refractivity contribution in [2.75, 3.05) is 11.9 Å². The second-order valence-corrected chi connectivity index (χ2v) is 4.97.